The molecule has 1 aromatic rings. The van der Waals surface area contributed by atoms with E-state index in [9.17, 15) is 5.11 Å². The topological polar surface area (TPSA) is 45.1 Å². The number of aromatic nitrogens is 1. The fourth-order valence-corrected chi connectivity index (χ4v) is 2.60. The lowest BCUT2D eigenvalue weighted by Crippen LogP contribution is -2.34. The molecule has 0 spiro atoms. The van der Waals surface area contributed by atoms with Crippen LogP contribution in [0.25, 0.3) is 0 Å². The molecule has 0 aliphatic heterocycles. The van der Waals surface area contributed by atoms with Crippen LogP contribution in [0.4, 0.5) is 0 Å². The molecule has 0 saturated heterocycles. The van der Waals surface area contributed by atoms with E-state index in [1.54, 1.807) is 11.3 Å². The summed E-state index contributed by atoms with van der Waals surface area (Å²) in [6.45, 7) is 2.80. The zero-order chi connectivity index (χ0) is 9.97. The highest BCUT2D eigenvalue weighted by Crippen LogP contribution is 2.19. The molecule has 4 heteroatoms. The number of aryl methyl sites for hydroxylation is 1. The van der Waals surface area contributed by atoms with Crippen LogP contribution in [-0.4, -0.2) is 22.2 Å². The number of aliphatic hydroxyl groups is 1. The van der Waals surface area contributed by atoms with Crippen molar-refractivity contribution in [3.8, 4) is 0 Å². The number of hydrogen-bond donors (Lipinski definition) is 2. The Kier molecular flexibility index (Phi) is 3.15. The van der Waals surface area contributed by atoms with Gasteiger partial charge in [-0.3, -0.25) is 0 Å². The van der Waals surface area contributed by atoms with Gasteiger partial charge in [-0.05, 0) is 26.2 Å². The minimum atomic E-state index is -0.156. The van der Waals surface area contributed by atoms with Crippen LogP contribution in [0.1, 0.15) is 30.0 Å². The van der Waals surface area contributed by atoms with Crippen molar-refractivity contribution in [2.45, 2.75) is 44.9 Å². The summed E-state index contributed by atoms with van der Waals surface area (Å²) in [4.78, 5) is 4.37. The van der Waals surface area contributed by atoms with Gasteiger partial charge in [-0.2, -0.15) is 0 Å². The average Bonchev–Trinajstić information content (AvgIpc) is 2.72. The Morgan fingerprint density at radius 3 is 3.07 bits per heavy atom. The highest BCUT2D eigenvalue weighted by molar-refractivity contribution is 7.09. The second-order valence-electron chi connectivity index (χ2n) is 3.87. The lowest BCUT2D eigenvalue weighted by atomic mass is 10.2. The molecule has 0 radical (unpaired) electrons. The first-order valence-electron chi connectivity index (χ1n) is 5.08. The normalized spacial score (nSPS) is 27.0. The van der Waals surface area contributed by atoms with Crippen molar-refractivity contribution in [3.63, 3.8) is 0 Å². The summed E-state index contributed by atoms with van der Waals surface area (Å²) in [5.74, 6) is 0. The molecule has 1 aromatic heterocycles. The third kappa shape index (κ3) is 2.32. The van der Waals surface area contributed by atoms with Crippen molar-refractivity contribution < 1.29 is 5.11 Å². The van der Waals surface area contributed by atoms with Gasteiger partial charge in [0.2, 0.25) is 0 Å². The summed E-state index contributed by atoms with van der Waals surface area (Å²) in [7, 11) is 0. The smallest absolute Gasteiger partial charge is 0.107 e. The lowest BCUT2D eigenvalue weighted by Gasteiger charge is -2.14. The van der Waals surface area contributed by atoms with Crippen LogP contribution < -0.4 is 5.32 Å². The van der Waals surface area contributed by atoms with E-state index in [0.29, 0.717) is 0 Å². The first kappa shape index (κ1) is 10.1. The maximum atomic E-state index is 9.59. The Morgan fingerprint density at radius 1 is 1.64 bits per heavy atom. The van der Waals surface area contributed by atoms with Crippen molar-refractivity contribution >= 4 is 11.3 Å². The van der Waals surface area contributed by atoms with Crippen LogP contribution >= 0.6 is 11.3 Å². The molecule has 14 heavy (non-hydrogen) atoms. The molecule has 2 atom stereocenters. The van der Waals surface area contributed by atoms with Crippen molar-refractivity contribution in [3.05, 3.63) is 16.1 Å². The highest BCUT2D eigenvalue weighted by Gasteiger charge is 2.24. The zero-order valence-electron chi connectivity index (χ0n) is 8.36. The Bertz CT molecular complexity index is 300. The third-order valence-corrected chi connectivity index (χ3v) is 3.63. The lowest BCUT2D eigenvalue weighted by molar-refractivity contribution is 0.148. The molecular formula is C10H16N2OS. The summed E-state index contributed by atoms with van der Waals surface area (Å²) >= 11 is 1.68. The molecule has 0 aromatic carbocycles. The minimum Gasteiger partial charge on any atom is -0.392 e. The molecule has 1 fully saturated rings. The fraction of sp³-hybridized carbons (Fsp3) is 0.700. The summed E-state index contributed by atoms with van der Waals surface area (Å²) in [6, 6.07) is 0.277. The Labute approximate surface area is 88.2 Å². The van der Waals surface area contributed by atoms with Gasteiger partial charge < -0.3 is 10.4 Å². The second kappa shape index (κ2) is 4.38. The van der Waals surface area contributed by atoms with E-state index in [1.807, 2.05) is 6.92 Å². The number of hydrogen-bond acceptors (Lipinski definition) is 4. The molecular weight excluding hydrogens is 196 g/mol. The van der Waals surface area contributed by atoms with Gasteiger partial charge in [0.25, 0.3) is 0 Å². The van der Waals surface area contributed by atoms with Gasteiger partial charge in [0.1, 0.15) is 5.01 Å². The Balaban J connectivity index is 1.82. The summed E-state index contributed by atoms with van der Waals surface area (Å²) in [6.07, 6.45) is 3.01. The summed E-state index contributed by atoms with van der Waals surface area (Å²) in [5, 5.41) is 16.1. The highest BCUT2D eigenvalue weighted by atomic mass is 32.1. The van der Waals surface area contributed by atoms with Crippen molar-refractivity contribution in [1.82, 2.24) is 10.3 Å². The minimum absolute atomic E-state index is 0.156. The number of aliphatic hydroxyl groups excluding tert-OH is 1. The molecule has 2 N–H and O–H groups in total. The van der Waals surface area contributed by atoms with Gasteiger partial charge in [-0.15, -0.1) is 11.3 Å². The quantitative estimate of drug-likeness (QED) is 0.797. The van der Waals surface area contributed by atoms with Crippen LogP contribution in [0, 0.1) is 6.92 Å². The van der Waals surface area contributed by atoms with Crippen molar-refractivity contribution in [2.75, 3.05) is 0 Å². The van der Waals surface area contributed by atoms with Crippen LogP contribution in [0.2, 0.25) is 0 Å². The first-order chi connectivity index (χ1) is 6.75. The predicted molar refractivity (Wildman–Crippen MR) is 57.3 cm³/mol. The number of nitrogens with one attached hydrogen (secondary N) is 1. The molecule has 2 rings (SSSR count). The van der Waals surface area contributed by atoms with E-state index in [2.05, 4.69) is 15.7 Å². The van der Waals surface area contributed by atoms with Crippen molar-refractivity contribution in [2.24, 2.45) is 0 Å². The van der Waals surface area contributed by atoms with Crippen LogP contribution in [0.5, 0.6) is 0 Å². The van der Waals surface area contributed by atoms with Crippen LogP contribution in [0.3, 0.4) is 0 Å². The average molecular weight is 212 g/mol. The van der Waals surface area contributed by atoms with E-state index in [0.717, 1.165) is 36.5 Å². The van der Waals surface area contributed by atoms with Gasteiger partial charge >= 0.3 is 0 Å². The standard InChI is InChI=1S/C10H16N2OS/c1-7-6-14-10(12-7)5-11-8-3-2-4-9(8)13/h6,8-9,11,13H,2-5H2,1H3. The predicted octanol–water partition coefficient (Wildman–Crippen LogP) is 1.45. The van der Waals surface area contributed by atoms with Gasteiger partial charge in [0.05, 0.1) is 6.10 Å². The molecule has 3 nitrogen and oxygen atoms in total. The van der Waals surface area contributed by atoms with Crippen molar-refractivity contribution in [1.29, 1.82) is 0 Å². The molecule has 1 aliphatic carbocycles. The van der Waals surface area contributed by atoms with E-state index in [1.165, 1.54) is 0 Å². The van der Waals surface area contributed by atoms with E-state index < -0.39 is 0 Å². The largest absolute Gasteiger partial charge is 0.392 e. The Morgan fingerprint density at radius 2 is 2.50 bits per heavy atom. The molecule has 1 aliphatic rings. The maximum Gasteiger partial charge on any atom is 0.107 e. The molecule has 0 bridgehead atoms. The SMILES string of the molecule is Cc1csc(CNC2CCCC2O)n1. The number of rotatable bonds is 3. The van der Waals surface area contributed by atoms with Crippen LogP contribution in [0.15, 0.2) is 5.38 Å². The summed E-state index contributed by atoms with van der Waals surface area (Å²) < 4.78 is 0. The molecule has 78 valence electrons. The molecule has 0 amide bonds. The molecule has 1 heterocycles. The Hall–Kier alpha value is -0.450. The van der Waals surface area contributed by atoms with Gasteiger partial charge in [0.15, 0.2) is 0 Å². The third-order valence-electron chi connectivity index (χ3n) is 2.66. The van der Waals surface area contributed by atoms with E-state index in [-0.39, 0.29) is 12.1 Å². The zero-order valence-corrected chi connectivity index (χ0v) is 9.18. The van der Waals surface area contributed by atoms with E-state index >= 15 is 0 Å². The van der Waals surface area contributed by atoms with Crippen LogP contribution in [-0.2, 0) is 6.54 Å². The summed E-state index contributed by atoms with van der Waals surface area (Å²) in [5.41, 5.74) is 1.08. The van der Waals surface area contributed by atoms with Gasteiger partial charge in [-0.25, -0.2) is 4.98 Å². The monoisotopic (exact) mass is 212 g/mol. The number of thiazole rings is 1. The molecule has 2 unspecified atom stereocenters. The maximum absolute atomic E-state index is 9.59. The molecule has 1 saturated carbocycles. The van der Waals surface area contributed by atoms with E-state index in [4.69, 9.17) is 0 Å². The fourth-order valence-electron chi connectivity index (χ4n) is 1.88. The second-order valence-corrected chi connectivity index (χ2v) is 4.81. The van der Waals surface area contributed by atoms with Gasteiger partial charge in [-0.1, -0.05) is 0 Å². The first-order valence-corrected chi connectivity index (χ1v) is 5.96. The van der Waals surface area contributed by atoms with Gasteiger partial charge in [0, 0.05) is 23.7 Å². The number of nitrogens with zero attached hydrogens (tertiary/aromatic N) is 1.